The van der Waals surface area contributed by atoms with Gasteiger partial charge in [0, 0.05) is 36.7 Å². The quantitative estimate of drug-likeness (QED) is 0.600. The molecule has 0 aromatic heterocycles. The van der Waals surface area contributed by atoms with Crippen LogP contribution in [0.1, 0.15) is 12.0 Å². The molecule has 150 valence electrons. The smallest absolute Gasteiger partial charge is 0.322 e. The number of likely N-dealkylation sites (N-methyl/N-ethyl adjacent to an activating group) is 1. The fraction of sp³-hybridized carbons (Fsp3) is 0.333. The Kier molecular flexibility index (Phi) is 8.84. The Morgan fingerprint density at radius 2 is 1.68 bits per heavy atom. The molecule has 0 atom stereocenters. The van der Waals surface area contributed by atoms with Gasteiger partial charge in [-0.05, 0) is 31.8 Å². The van der Waals surface area contributed by atoms with Gasteiger partial charge in [0.05, 0.1) is 5.69 Å². The van der Waals surface area contributed by atoms with E-state index in [-0.39, 0.29) is 11.9 Å². The van der Waals surface area contributed by atoms with E-state index in [1.165, 1.54) is 11.8 Å². The van der Waals surface area contributed by atoms with Crippen LogP contribution in [0.4, 0.5) is 10.5 Å². The average Bonchev–Trinajstić information content (AvgIpc) is 2.66. The molecule has 0 aliphatic rings. The van der Waals surface area contributed by atoms with Gasteiger partial charge in [-0.15, -0.1) is 11.8 Å². The van der Waals surface area contributed by atoms with Crippen molar-refractivity contribution in [3.63, 3.8) is 0 Å². The number of anilines is 1. The Bertz CT molecular complexity index is 768. The Morgan fingerprint density at radius 3 is 2.36 bits per heavy atom. The summed E-state index contributed by atoms with van der Waals surface area (Å²) in [5.74, 6) is 0.253. The molecule has 2 aromatic carbocycles. The first kappa shape index (κ1) is 21.8. The molecule has 0 heterocycles. The second kappa shape index (κ2) is 11.4. The number of amides is 3. The average molecular weight is 401 g/mol. The summed E-state index contributed by atoms with van der Waals surface area (Å²) in [6.45, 7) is 1.93. The number of hydrogen-bond acceptors (Lipinski definition) is 4. The van der Waals surface area contributed by atoms with E-state index in [0.29, 0.717) is 25.3 Å². The van der Waals surface area contributed by atoms with Crippen LogP contribution in [0.15, 0.2) is 59.5 Å². The molecule has 2 aromatic rings. The highest BCUT2D eigenvalue weighted by molar-refractivity contribution is 7.99. The third kappa shape index (κ3) is 7.62. The number of nitrogens with zero attached hydrogens (tertiary/aromatic N) is 2. The van der Waals surface area contributed by atoms with E-state index in [4.69, 9.17) is 5.73 Å². The van der Waals surface area contributed by atoms with Gasteiger partial charge in [0.15, 0.2) is 0 Å². The van der Waals surface area contributed by atoms with Crippen molar-refractivity contribution in [1.82, 2.24) is 9.80 Å². The molecule has 7 heteroatoms. The number of carbonyl (C=O) groups excluding carboxylic acids is 2. The largest absolute Gasteiger partial charge is 0.370 e. The molecular formula is C21H28N4O2S. The molecule has 0 bridgehead atoms. The molecule has 3 amide bonds. The molecule has 0 spiro atoms. The van der Waals surface area contributed by atoms with E-state index in [0.717, 1.165) is 22.7 Å². The first-order valence-electron chi connectivity index (χ1n) is 9.20. The molecule has 0 saturated heterocycles. The molecule has 3 N–H and O–H groups in total. The maximum absolute atomic E-state index is 13.0. The standard InChI is InChI=1S/C21H28N4O2S/c1-24(2)13-14-25(16-17-8-4-3-5-9-17)21(27)23-18-10-6-7-11-19(18)28-15-12-20(22)26/h3-11H,12-16H2,1-2H3,(H2,22,26)(H,23,27). The van der Waals surface area contributed by atoms with Gasteiger partial charge in [-0.2, -0.15) is 0 Å². The number of nitrogens with one attached hydrogen (secondary N) is 1. The van der Waals surface area contributed by atoms with Gasteiger partial charge in [0.25, 0.3) is 0 Å². The van der Waals surface area contributed by atoms with Crippen molar-refractivity contribution in [2.45, 2.75) is 17.9 Å². The number of para-hydroxylation sites is 1. The predicted molar refractivity (Wildman–Crippen MR) is 115 cm³/mol. The number of primary amides is 1. The number of rotatable bonds is 10. The summed E-state index contributed by atoms with van der Waals surface area (Å²) in [5, 5.41) is 3.02. The molecule has 0 unspecified atom stereocenters. The summed E-state index contributed by atoms with van der Waals surface area (Å²) in [7, 11) is 3.98. The minimum atomic E-state index is -0.327. The van der Waals surface area contributed by atoms with Crippen LogP contribution >= 0.6 is 11.8 Å². The number of thioether (sulfide) groups is 1. The lowest BCUT2D eigenvalue weighted by molar-refractivity contribution is -0.117. The third-order valence-electron chi connectivity index (χ3n) is 4.06. The van der Waals surface area contributed by atoms with Crippen LogP contribution in [0.25, 0.3) is 0 Å². The van der Waals surface area contributed by atoms with Gasteiger partial charge >= 0.3 is 6.03 Å². The zero-order valence-electron chi connectivity index (χ0n) is 16.4. The summed E-state index contributed by atoms with van der Waals surface area (Å²) >= 11 is 1.51. The fourth-order valence-electron chi connectivity index (χ4n) is 2.53. The van der Waals surface area contributed by atoms with E-state index in [2.05, 4.69) is 10.2 Å². The van der Waals surface area contributed by atoms with Crippen LogP contribution in [0, 0.1) is 0 Å². The van der Waals surface area contributed by atoms with Gasteiger partial charge in [-0.25, -0.2) is 4.79 Å². The number of urea groups is 1. The molecule has 0 saturated carbocycles. The van der Waals surface area contributed by atoms with Crippen molar-refractivity contribution in [3.05, 3.63) is 60.2 Å². The lowest BCUT2D eigenvalue weighted by Gasteiger charge is -2.25. The first-order chi connectivity index (χ1) is 13.5. The van der Waals surface area contributed by atoms with Gasteiger partial charge < -0.3 is 20.9 Å². The van der Waals surface area contributed by atoms with Crippen LogP contribution in [0.3, 0.4) is 0 Å². The van der Waals surface area contributed by atoms with E-state index >= 15 is 0 Å². The van der Waals surface area contributed by atoms with E-state index in [9.17, 15) is 9.59 Å². The molecular weight excluding hydrogens is 372 g/mol. The minimum absolute atomic E-state index is 0.145. The Labute approximate surface area is 171 Å². The molecule has 28 heavy (non-hydrogen) atoms. The maximum Gasteiger partial charge on any atom is 0.322 e. The van der Waals surface area contributed by atoms with E-state index < -0.39 is 0 Å². The topological polar surface area (TPSA) is 78.7 Å². The van der Waals surface area contributed by atoms with E-state index in [1.54, 1.807) is 4.90 Å². The monoisotopic (exact) mass is 400 g/mol. The van der Waals surface area contributed by atoms with Crippen molar-refractivity contribution < 1.29 is 9.59 Å². The van der Waals surface area contributed by atoms with Crippen molar-refractivity contribution in [2.24, 2.45) is 5.73 Å². The molecule has 0 aliphatic carbocycles. The second-order valence-corrected chi connectivity index (χ2v) is 7.84. The van der Waals surface area contributed by atoms with Crippen molar-refractivity contribution in [2.75, 3.05) is 38.3 Å². The summed E-state index contributed by atoms with van der Waals surface area (Å²) in [6, 6.07) is 17.4. The number of benzene rings is 2. The highest BCUT2D eigenvalue weighted by Crippen LogP contribution is 2.27. The summed E-state index contributed by atoms with van der Waals surface area (Å²) in [4.78, 5) is 28.7. The first-order valence-corrected chi connectivity index (χ1v) is 10.2. The van der Waals surface area contributed by atoms with Crippen LogP contribution in [0.5, 0.6) is 0 Å². The molecule has 6 nitrogen and oxygen atoms in total. The predicted octanol–water partition coefficient (Wildman–Crippen LogP) is 3.25. The summed E-state index contributed by atoms with van der Waals surface area (Å²) in [5.41, 5.74) is 7.04. The highest BCUT2D eigenvalue weighted by Gasteiger charge is 2.16. The van der Waals surface area contributed by atoms with Gasteiger partial charge in [0.1, 0.15) is 0 Å². The van der Waals surface area contributed by atoms with Crippen LogP contribution in [-0.4, -0.2) is 54.7 Å². The molecule has 2 rings (SSSR count). The normalized spacial score (nSPS) is 10.7. The van der Waals surface area contributed by atoms with Crippen LogP contribution in [-0.2, 0) is 11.3 Å². The summed E-state index contributed by atoms with van der Waals surface area (Å²) in [6.07, 6.45) is 0.302. The van der Waals surface area contributed by atoms with Crippen molar-refractivity contribution in [1.29, 1.82) is 0 Å². The van der Waals surface area contributed by atoms with Crippen LogP contribution in [0.2, 0.25) is 0 Å². The fourth-order valence-corrected chi connectivity index (χ4v) is 3.50. The Hall–Kier alpha value is -2.51. The van der Waals surface area contributed by atoms with Crippen molar-refractivity contribution >= 4 is 29.4 Å². The molecule has 0 aliphatic heterocycles. The number of carbonyl (C=O) groups is 2. The Balaban J connectivity index is 2.08. The van der Waals surface area contributed by atoms with Crippen LogP contribution < -0.4 is 11.1 Å². The zero-order chi connectivity index (χ0) is 20.4. The lowest BCUT2D eigenvalue weighted by atomic mass is 10.2. The number of nitrogens with two attached hydrogens (primary N) is 1. The van der Waals surface area contributed by atoms with Gasteiger partial charge in [0.2, 0.25) is 5.91 Å². The minimum Gasteiger partial charge on any atom is -0.370 e. The second-order valence-electron chi connectivity index (χ2n) is 6.70. The zero-order valence-corrected chi connectivity index (χ0v) is 17.2. The van der Waals surface area contributed by atoms with Crippen molar-refractivity contribution in [3.8, 4) is 0 Å². The van der Waals surface area contributed by atoms with Gasteiger partial charge in [-0.3, -0.25) is 4.79 Å². The van der Waals surface area contributed by atoms with Gasteiger partial charge in [-0.1, -0.05) is 42.5 Å². The Morgan fingerprint density at radius 1 is 1.00 bits per heavy atom. The third-order valence-corrected chi connectivity index (χ3v) is 5.13. The maximum atomic E-state index is 13.0. The number of hydrogen-bond donors (Lipinski definition) is 2. The summed E-state index contributed by atoms with van der Waals surface area (Å²) < 4.78 is 0. The van der Waals surface area contributed by atoms with E-state index in [1.807, 2.05) is 68.7 Å². The highest BCUT2D eigenvalue weighted by atomic mass is 32.2. The lowest BCUT2D eigenvalue weighted by Crippen LogP contribution is -2.39. The SMILES string of the molecule is CN(C)CCN(Cc1ccccc1)C(=O)Nc1ccccc1SCCC(N)=O. The molecule has 0 radical (unpaired) electrons. The molecule has 0 fully saturated rings.